The van der Waals surface area contributed by atoms with Gasteiger partial charge in [-0.15, -0.1) is 0 Å². The van der Waals surface area contributed by atoms with Crippen LogP contribution in [0.4, 0.5) is 0 Å². The molecule has 3 heterocycles. The summed E-state index contributed by atoms with van der Waals surface area (Å²) in [7, 11) is 0. The van der Waals surface area contributed by atoms with Crippen LogP contribution in [0.3, 0.4) is 0 Å². The van der Waals surface area contributed by atoms with Gasteiger partial charge >= 0.3 is 5.97 Å². The summed E-state index contributed by atoms with van der Waals surface area (Å²) < 4.78 is 4.93. The lowest BCUT2D eigenvalue weighted by Gasteiger charge is -2.42. The van der Waals surface area contributed by atoms with Crippen LogP contribution in [0.25, 0.3) is 0 Å². The molecule has 4 nitrogen and oxygen atoms in total. The maximum Gasteiger partial charge on any atom is 0.331 e. The summed E-state index contributed by atoms with van der Waals surface area (Å²) in [6.45, 7) is 5.33. The Kier molecular flexibility index (Phi) is 2.86. The molecule has 1 unspecified atom stereocenters. The molecular weight excluding hydrogens is 194 g/mol. The number of ketones is 1. The molecule has 0 amide bonds. The number of Topliss-reactive ketones (excluding diaryl/α,β-unsaturated/α-hetero) is 1. The van der Waals surface area contributed by atoms with Crippen LogP contribution in [-0.4, -0.2) is 42.4 Å². The number of hydrogen-bond acceptors (Lipinski definition) is 4. The first-order valence-corrected chi connectivity index (χ1v) is 5.29. The molecule has 0 N–H and O–H groups in total. The van der Waals surface area contributed by atoms with E-state index in [9.17, 15) is 9.59 Å². The minimum absolute atomic E-state index is 0.0431. The average Bonchev–Trinajstić information content (AvgIpc) is 2.27. The molecule has 82 valence electrons. The summed E-state index contributed by atoms with van der Waals surface area (Å²) in [5.41, 5.74) is 0. The van der Waals surface area contributed by atoms with Gasteiger partial charge in [-0.2, -0.15) is 0 Å². The Labute approximate surface area is 88.9 Å². The lowest BCUT2D eigenvalue weighted by atomic mass is 9.82. The average molecular weight is 209 g/mol. The minimum Gasteiger partial charge on any atom is -0.460 e. The standard InChI is InChI=1S/C11H15NO3/c1-2-7-15-11(14)9-10(13)8-3-5-12(9)6-4-8/h2,8-9H,1,3-7H2. The van der Waals surface area contributed by atoms with E-state index in [0.717, 1.165) is 25.9 Å². The van der Waals surface area contributed by atoms with Crippen LogP contribution in [0.15, 0.2) is 12.7 Å². The Balaban J connectivity index is 2.04. The zero-order valence-corrected chi connectivity index (χ0v) is 8.65. The van der Waals surface area contributed by atoms with Crippen molar-refractivity contribution in [3.05, 3.63) is 12.7 Å². The molecule has 4 heteroatoms. The van der Waals surface area contributed by atoms with E-state index in [0.29, 0.717) is 0 Å². The molecule has 0 spiro atoms. The van der Waals surface area contributed by atoms with Crippen molar-refractivity contribution in [3.8, 4) is 0 Å². The summed E-state index contributed by atoms with van der Waals surface area (Å²) in [6, 6.07) is -0.641. The van der Waals surface area contributed by atoms with Gasteiger partial charge in [-0.05, 0) is 12.8 Å². The molecule has 15 heavy (non-hydrogen) atoms. The van der Waals surface area contributed by atoms with Gasteiger partial charge in [0, 0.05) is 19.0 Å². The van der Waals surface area contributed by atoms with Crippen molar-refractivity contribution in [2.75, 3.05) is 19.7 Å². The van der Waals surface area contributed by atoms with Crippen LogP contribution in [0.1, 0.15) is 12.8 Å². The van der Waals surface area contributed by atoms with E-state index in [1.54, 1.807) is 0 Å². The van der Waals surface area contributed by atoms with Gasteiger partial charge in [0.25, 0.3) is 0 Å². The molecule has 3 rings (SSSR count). The van der Waals surface area contributed by atoms with Crippen LogP contribution in [0.5, 0.6) is 0 Å². The number of rotatable bonds is 3. The highest BCUT2D eigenvalue weighted by molar-refractivity contribution is 6.05. The number of carbonyl (C=O) groups excluding carboxylic acids is 2. The van der Waals surface area contributed by atoms with E-state index in [4.69, 9.17) is 4.74 Å². The maximum atomic E-state index is 11.8. The Morgan fingerprint density at radius 3 is 2.73 bits per heavy atom. The third-order valence-electron chi connectivity index (χ3n) is 3.13. The van der Waals surface area contributed by atoms with Gasteiger partial charge in [-0.3, -0.25) is 9.69 Å². The lowest BCUT2D eigenvalue weighted by Crippen LogP contribution is -2.59. The molecule has 3 aliphatic rings. The lowest BCUT2D eigenvalue weighted by molar-refractivity contribution is -0.159. The molecule has 0 aliphatic carbocycles. The van der Waals surface area contributed by atoms with Gasteiger partial charge in [0.15, 0.2) is 11.8 Å². The number of carbonyl (C=O) groups is 2. The Bertz CT molecular complexity index is 292. The SMILES string of the molecule is C=CCOC(=O)C1C(=O)C2CCN1CC2. The zero-order chi connectivity index (χ0) is 10.8. The molecule has 3 fully saturated rings. The second-order valence-electron chi connectivity index (χ2n) is 4.03. The number of hydrogen-bond donors (Lipinski definition) is 0. The molecule has 0 aromatic rings. The summed E-state index contributed by atoms with van der Waals surface area (Å²) in [4.78, 5) is 25.4. The summed E-state index contributed by atoms with van der Waals surface area (Å²) >= 11 is 0. The van der Waals surface area contributed by atoms with E-state index in [-0.39, 0.29) is 18.3 Å². The van der Waals surface area contributed by atoms with E-state index in [1.165, 1.54) is 6.08 Å². The second-order valence-corrected chi connectivity index (χ2v) is 4.03. The third-order valence-corrected chi connectivity index (χ3v) is 3.13. The highest BCUT2D eigenvalue weighted by Crippen LogP contribution is 2.29. The van der Waals surface area contributed by atoms with Crippen LogP contribution < -0.4 is 0 Å². The largest absolute Gasteiger partial charge is 0.460 e. The summed E-state index contributed by atoms with van der Waals surface area (Å²) in [5, 5.41) is 0. The Morgan fingerprint density at radius 2 is 2.20 bits per heavy atom. The number of fused-ring (bicyclic) bond motifs is 3. The second kappa shape index (κ2) is 4.14. The predicted molar refractivity (Wildman–Crippen MR) is 54.2 cm³/mol. The zero-order valence-electron chi connectivity index (χ0n) is 8.65. The topological polar surface area (TPSA) is 46.6 Å². The Morgan fingerprint density at radius 1 is 1.53 bits per heavy atom. The van der Waals surface area contributed by atoms with Crippen molar-refractivity contribution >= 4 is 11.8 Å². The molecule has 1 atom stereocenters. The highest BCUT2D eigenvalue weighted by Gasteiger charge is 2.45. The van der Waals surface area contributed by atoms with Crippen LogP contribution in [0, 0.1) is 5.92 Å². The Hall–Kier alpha value is -1.16. The molecule has 2 bridgehead atoms. The fourth-order valence-electron chi connectivity index (χ4n) is 2.33. The predicted octanol–water partition coefficient (Wildman–Crippen LogP) is 0.379. The first-order valence-electron chi connectivity index (χ1n) is 5.29. The van der Waals surface area contributed by atoms with Crippen LogP contribution in [-0.2, 0) is 14.3 Å². The van der Waals surface area contributed by atoms with Crippen molar-refractivity contribution < 1.29 is 14.3 Å². The van der Waals surface area contributed by atoms with E-state index < -0.39 is 12.0 Å². The first kappa shape index (κ1) is 10.4. The van der Waals surface area contributed by atoms with Gasteiger partial charge in [-0.1, -0.05) is 12.7 Å². The molecule has 0 aromatic carbocycles. The minimum atomic E-state index is -0.641. The molecule has 0 aromatic heterocycles. The number of ether oxygens (including phenoxy) is 1. The molecule has 0 radical (unpaired) electrons. The van der Waals surface area contributed by atoms with Crippen molar-refractivity contribution in [3.63, 3.8) is 0 Å². The van der Waals surface area contributed by atoms with Crippen molar-refractivity contribution in [1.29, 1.82) is 0 Å². The monoisotopic (exact) mass is 209 g/mol. The maximum absolute atomic E-state index is 11.8. The molecule has 0 saturated carbocycles. The first-order chi connectivity index (χ1) is 7.24. The van der Waals surface area contributed by atoms with E-state index in [2.05, 4.69) is 6.58 Å². The van der Waals surface area contributed by atoms with Crippen molar-refractivity contribution in [2.45, 2.75) is 18.9 Å². The van der Waals surface area contributed by atoms with Crippen LogP contribution in [0.2, 0.25) is 0 Å². The van der Waals surface area contributed by atoms with E-state index >= 15 is 0 Å². The van der Waals surface area contributed by atoms with Crippen molar-refractivity contribution in [2.24, 2.45) is 5.92 Å². The fourth-order valence-corrected chi connectivity index (χ4v) is 2.33. The van der Waals surface area contributed by atoms with Gasteiger partial charge < -0.3 is 4.74 Å². The number of nitrogens with zero attached hydrogens (tertiary/aromatic N) is 1. The highest BCUT2D eigenvalue weighted by atomic mass is 16.5. The van der Waals surface area contributed by atoms with Crippen LogP contribution >= 0.6 is 0 Å². The van der Waals surface area contributed by atoms with Gasteiger partial charge in [-0.25, -0.2) is 4.79 Å². The van der Waals surface area contributed by atoms with E-state index in [1.807, 2.05) is 4.90 Å². The third kappa shape index (κ3) is 1.81. The van der Waals surface area contributed by atoms with Gasteiger partial charge in [0.1, 0.15) is 6.61 Å². The quantitative estimate of drug-likeness (QED) is 0.383. The normalized spacial score (nSPS) is 33.9. The van der Waals surface area contributed by atoms with Gasteiger partial charge in [0.2, 0.25) is 0 Å². The summed E-state index contributed by atoms with van der Waals surface area (Å²) in [5.74, 6) is -0.290. The summed E-state index contributed by atoms with van der Waals surface area (Å²) in [6.07, 6.45) is 3.30. The molecule has 3 saturated heterocycles. The molecule has 3 aliphatic heterocycles. The fraction of sp³-hybridized carbons (Fsp3) is 0.636. The molecular formula is C11H15NO3. The smallest absolute Gasteiger partial charge is 0.331 e. The van der Waals surface area contributed by atoms with Gasteiger partial charge in [0.05, 0.1) is 0 Å². The van der Waals surface area contributed by atoms with Crippen molar-refractivity contribution in [1.82, 2.24) is 4.90 Å². The number of esters is 1. The number of piperidine rings is 3.